The first-order chi connectivity index (χ1) is 9.12. The summed E-state index contributed by atoms with van der Waals surface area (Å²) in [4.78, 5) is 6.48. The predicted octanol–water partition coefficient (Wildman–Crippen LogP) is 3.17. The quantitative estimate of drug-likeness (QED) is 0.461. The number of ether oxygens (including phenoxy) is 1. The number of aryl methyl sites for hydroxylation is 1. The lowest BCUT2D eigenvalue weighted by Crippen LogP contribution is -2.37. The molecule has 5 heteroatoms. The largest absolute Gasteiger partial charge is 0.494 e. The van der Waals surface area contributed by atoms with Crippen molar-refractivity contribution in [1.29, 1.82) is 0 Å². The average Bonchev–Trinajstić information content (AvgIpc) is 2.41. The van der Waals surface area contributed by atoms with Crippen LogP contribution in [0.1, 0.15) is 31.9 Å². The van der Waals surface area contributed by atoms with Crippen molar-refractivity contribution in [1.82, 2.24) is 4.90 Å². The Bertz CT molecular complexity index is 431. The first kappa shape index (κ1) is 19.0. The maximum atomic E-state index is 5.95. The average molecular weight is 391 g/mol. The van der Waals surface area contributed by atoms with Crippen molar-refractivity contribution in [2.75, 3.05) is 19.7 Å². The van der Waals surface area contributed by atoms with E-state index in [1.54, 1.807) is 0 Å². The molecule has 0 aliphatic rings. The van der Waals surface area contributed by atoms with E-state index in [9.17, 15) is 0 Å². The predicted molar refractivity (Wildman–Crippen MR) is 96.0 cm³/mol. The monoisotopic (exact) mass is 391 g/mol. The summed E-state index contributed by atoms with van der Waals surface area (Å²) in [5, 5.41) is 0. The lowest BCUT2D eigenvalue weighted by molar-refractivity contribution is 0.338. The van der Waals surface area contributed by atoms with Crippen LogP contribution >= 0.6 is 24.0 Å². The molecule has 0 atom stereocenters. The molecule has 0 aliphatic heterocycles. The van der Waals surface area contributed by atoms with Crippen LogP contribution in [0.3, 0.4) is 0 Å². The Balaban J connectivity index is 0.00000361. The van der Waals surface area contributed by atoms with Crippen LogP contribution in [0.4, 0.5) is 0 Å². The van der Waals surface area contributed by atoms with Gasteiger partial charge in [-0.1, -0.05) is 12.1 Å². The molecule has 114 valence electrons. The molecule has 0 bridgehead atoms. The number of rotatable bonds is 6. The van der Waals surface area contributed by atoms with E-state index in [2.05, 4.69) is 24.9 Å². The van der Waals surface area contributed by atoms with Crippen molar-refractivity contribution < 1.29 is 4.74 Å². The van der Waals surface area contributed by atoms with Crippen LogP contribution in [0.2, 0.25) is 0 Å². The maximum absolute atomic E-state index is 5.95. The van der Waals surface area contributed by atoms with Crippen molar-refractivity contribution in [2.45, 2.75) is 34.2 Å². The molecule has 0 radical (unpaired) electrons. The number of hydrogen-bond donors (Lipinski definition) is 1. The number of aliphatic imine (C=N–C) groups is 1. The molecule has 0 fully saturated rings. The smallest absolute Gasteiger partial charge is 0.191 e. The van der Waals surface area contributed by atoms with E-state index in [0.29, 0.717) is 19.1 Å². The fourth-order valence-corrected chi connectivity index (χ4v) is 1.95. The normalized spacial score (nSPS) is 10.9. The summed E-state index contributed by atoms with van der Waals surface area (Å²) in [6, 6.07) is 6.14. The third-order valence-corrected chi connectivity index (χ3v) is 3.05. The molecule has 1 aromatic rings. The minimum Gasteiger partial charge on any atom is -0.494 e. The van der Waals surface area contributed by atoms with Gasteiger partial charge in [0.1, 0.15) is 5.75 Å². The molecule has 20 heavy (non-hydrogen) atoms. The fourth-order valence-electron chi connectivity index (χ4n) is 1.95. The lowest BCUT2D eigenvalue weighted by atomic mass is 10.1. The highest BCUT2D eigenvalue weighted by Crippen LogP contribution is 2.19. The van der Waals surface area contributed by atoms with E-state index in [1.165, 1.54) is 0 Å². The SMILES string of the molecule is CCOc1ccc(CN=C(N)N(CC)CC)cc1C.I. The summed E-state index contributed by atoms with van der Waals surface area (Å²) in [5.74, 6) is 1.54. The summed E-state index contributed by atoms with van der Waals surface area (Å²) >= 11 is 0. The van der Waals surface area contributed by atoms with Gasteiger partial charge in [-0.05, 0) is 44.9 Å². The molecule has 0 spiro atoms. The van der Waals surface area contributed by atoms with Crippen LogP contribution in [0.15, 0.2) is 23.2 Å². The Labute approximate surface area is 139 Å². The number of hydrogen-bond acceptors (Lipinski definition) is 2. The van der Waals surface area contributed by atoms with Gasteiger partial charge < -0.3 is 15.4 Å². The topological polar surface area (TPSA) is 50.9 Å². The number of nitrogens with two attached hydrogens (primary N) is 1. The highest BCUT2D eigenvalue weighted by Gasteiger charge is 2.03. The van der Waals surface area contributed by atoms with Crippen molar-refractivity contribution >= 4 is 29.9 Å². The van der Waals surface area contributed by atoms with Crippen LogP contribution in [-0.4, -0.2) is 30.6 Å². The molecule has 0 amide bonds. The summed E-state index contributed by atoms with van der Waals surface area (Å²) in [7, 11) is 0. The van der Waals surface area contributed by atoms with E-state index in [4.69, 9.17) is 10.5 Å². The fraction of sp³-hybridized carbons (Fsp3) is 0.533. The Kier molecular flexibility index (Phi) is 9.37. The van der Waals surface area contributed by atoms with Crippen molar-refractivity contribution in [3.8, 4) is 5.75 Å². The van der Waals surface area contributed by atoms with Gasteiger partial charge in [-0.2, -0.15) is 0 Å². The number of benzene rings is 1. The molecule has 2 N–H and O–H groups in total. The van der Waals surface area contributed by atoms with E-state index in [-0.39, 0.29) is 24.0 Å². The van der Waals surface area contributed by atoms with Gasteiger partial charge in [0.25, 0.3) is 0 Å². The highest BCUT2D eigenvalue weighted by molar-refractivity contribution is 14.0. The van der Waals surface area contributed by atoms with Crippen molar-refractivity contribution in [3.05, 3.63) is 29.3 Å². The molecular formula is C15H26IN3O. The van der Waals surface area contributed by atoms with Crippen molar-refractivity contribution in [3.63, 3.8) is 0 Å². The molecule has 0 heterocycles. The zero-order chi connectivity index (χ0) is 14.3. The Morgan fingerprint density at radius 2 is 1.90 bits per heavy atom. The summed E-state index contributed by atoms with van der Waals surface area (Å²) < 4.78 is 5.52. The first-order valence-electron chi connectivity index (χ1n) is 6.89. The van der Waals surface area contributed by atoms with Gasteiger partial charge in [0.05, 0.1) is 13.2 Å². The number of halogens is 1. The lowest BCUT2D eigenvalue weighted by Gasteiger charge is -2.19. The summed E-state index contributed by atoms with van der Waals surface area (Å²) in [6.45, 7) is 11.2. The summed E-state index contributed by atoms with van der Waals surface area (Å²) in [6.07, 6.45) is 0. The van der Waals surface area contributed by atoms with E-state index in [0.717, 1.165) is 30.0 Å². The van der Waals surface area contributed by atoms with E-state index in [1.807, 2.05) is 30.9 Å². The molecule has 0 aliphatic carbocycles. The Hall–Kier alpha value is -0.980. The third kappa shape index (κ3) is 5.56. The van der Waals surface area contributed by atoms with E-state index >= 15 is 0 Å². The molecule has 1 rings (SSSR count). The number of nitrogens with zero attached hydrogens (tertiary/aromatic N) is 2. The standard InChI is InChI=1S/C15H25N3O.HI/c1-5-18(6-2)15(16)17-11-13-8-9-14(19-7-3)12(4)10-13;/h8-10H,5-7,11H2,1-4H3,(H2,16,17);1H. The number of guanidine groups is 1. The molecule has 0 aromatic heterocycles. The van der Waals surface area contributed by atoms with Gasteiger partial charge in [-0.25, -0.2) is 4.99 Å². The molecule has 4 nitrogen and oxygen atoms in total. The Morgan fingerprint density at radius 3 is 2.40 bits per heavy atom. The van der Waals surface area contributed by atoms with Gasteiger partial charge in [0.15, 0.2) is 5.96 Å². The molecule has 0 unspecified atom stereocenters. The zero-order valence-electron chi connectivity index (χ0n) is 12.8. The second kappa shape index (κ2) is 9.85. The minimum atomic E-state index is 0. The molecule has 0 saturated heterocycles. The van der Waals surface area contributed by atoms with Gasteiger partial charge in [0, 0.05) is 13.1 Å². The van der Waals surface area contributed by atoms with Crippen molar-refractivity contribution in [2.24, 2.45) is 10.7 Å². The van der Waals surface area contributed by atoms with Gasteiger partial charge in [-0.15, -0.1) is 24.0 Å². The second-order valence-corrected chi connectivity index (χ2v) is 4.38. The highest BCUT2D eigenvalue weighted by atomic mass is 127. The second-order valence-electron chi connectivity index (χ2n) is 4.38. The zero-order valence-corrected chi connectivity index (χ0v) is 15.2. The van der Waals surface area contributed by atoms with Crippen LogP contribution in [0.5, 0.6) is 5.75 Å². The minimum absolute atomic E-state index is 0. The van der Waals surface area contributed by atoms with E-state index < -0.39 is 0 Å². The van der Waals surface area contributed by atoms with Crippen LogP contribution < -0.4 is 10.5 Å². The molecule has 1 aromatic carbocycles. The van der Waals surface area contributed by atoms with Crippen LogP contribution in [0.25, 0.3) is 0 Å². The third-order valence-electron chi connectivity index (χ3n) is 3.05. The van der Waals surface area contributed by atoms with Crippen LogP contribution in [-0.2, 0) is 6.54 Å². The maximum Gasteiger partial charge on any atom is 0.191 e. The Morgan fingerprint density at radius 1 is 1.25 bits per heavy atom. The summed E-state index contributed by atoms with van der Waals surface area (Å²) in [5.41, 5.74) is 8.24. The van der Waals surface area contributed by atoms with Crippen LogP contribution in [0, 0.1) is 6.92 Å². The first-order valence-corrected chi connectivity index (χ1v) is 6.89. The molecule has 0 saturated carbocycles. The molecular weight excluding hydrogens is 365 g/mol. The van der Waals surface area contributed by atoms with Gasteiger partial charge in [-0.3, -0.25) is 0 Å². The van der Waals surface area contributed by atoms with Gasteiger partial charge >= 0.3 is 0 Å². The van der Waals surface area contributed by atoms with Gasteiger partial charge in [0.2, 0.25) is 0 Å².